The first-order chi connectivity index (χ1) is 8.26. The molecule has 2 rings (SSSR count). The second-order valence-electron chi connectivity index (χ2n) is 4.38. The molecule has 1 fully saturated rings. The average molecular weight is 240 g/mol. The van der Waals surface area contributed by atoms with Crippen molar-refractivity contribution in [3.8, 4) is 0 Å². The Hall–Kier alpha value is -1.20. The largest absolute Gasteiger partial charge is 0.396 e. The van der Waals surface area contributed by atoms with Crippen LogP contribution in [0.4, 0.5) is 10.2 Å². The van der Waals surface area contributed by atoms with E-state index in [1.54, 1.807) is 0 Å². The van der Waals surface area contributed by atoms with Crippen LogP contribution in [0, 0.1) is 11.7 Å². The van der Waals surface area contributed by atoms with Gasteiger partial charge in [0.15, 0.2) is 11.6 Å². The number of hydrogen-bond donors (Lipinski definition) is 2. The van der Waals surface area contributed by atoms with Crippen molar-refractivity contribution in [2.75, 3.05) is 24.6 Å². The lowest BCUT2D eigenvalue weighted by molar-refractivity contribution is 0.263. The van der Waals surface area contributed by atoms with Crippen LogP contribution in [0.5, 0.6) is 0 Å². The van der Waals surface area contributed by atoms with Crippen molar-refractivity contribution in [2.24, 2.45) is 5.92 Å². The molecule has 2 heterocycles. The Morgan fingerprint density at radius 3 is 3.00 bits per heavy atom. The highest BCUT2D eigenvalue weighted by atomic mass is 19.1. The highest BCUT2D eigenvalue weighted by Crippen LogP contribution is 2.27. The molecular weight excluding hydrogens is 223 g/mol. The number of hydrogen-bond acceptors (Lipinski definition) is 4. The predicted molar refractivity (Wildman–Crippen MR) is 62.1 cm³/mol. The molecule has 1 atom stereocenters. The molecule has 0 aliphatic carbocycles. The molecule has 4 nitrogen and oxygen atoms in total. The number of aromatic nitrogens is 1. The van der Waals surface area contributed by atoms with Gasteiger partial charge in [-0.1, -0.05) is 0 Å². The van der Waals surface area contributed by atoms with Gasteiger partial charge in [-0.25, -0.2) is 9.37 Å². The lowest BCUT2D eigenvalue weighted by Gasteiger charge is -2.18. The van der Waals surface area contributed by atoms with Gasteiger partial charge in [-0.15, -0.1) is 0 Å². The highest BCUT2D eigenvalue weighted by molar-refractivity contribution is 5.44. The van der Waals surface area contributed by atoms with Gasteiger partial charge in [-0.2, -0.15) is 0 Å². The van der Waals surface area contributed by atoms with E-state index in [2.05, 4.69) is 4.98 Å². The van der Waals surface area contributed by atoms with Crippen molar-refractivity contribution < 1.29 is 14.6 Å². The number of nitrogens with zero attached hydrogens (tertiary/aromatic N) is 2. The van der Waals surface area contributed by atoms with E-state index in [-0.39, 0.29) is 18.8 Å². The molecule has 0 bridgehead atoms. The van der Waals surface area contributed by atoms with Crippen molar-refractivity contribution >= 4 is 5.82 Å². The Morgan fingerprint density at radius 2 is 2.29 bits per heavy atom. The van der Waals surface area contributed by atoms with Crippen LogP contribution in [0.15, 0.2) is 12.3 Å². The number of halogens is 1. The monoisotopic (exact) mass is 240 g/mol. The standard InChI is InChI=1S/C12H17FN2O2/c13-11-10(8-17)1-4-14-12(11)15-5-2-9(7-15)3-6-16/h1,4,9,16-17H,2-3,5-8H2. The molecule has 2 N–H and O–H groups in total. The summed E-state index contributed by atoms with van der Waals surface area (Å²) in [6, 6.07) is 1.49. The van der Waals surface area contributed by atoms with E-state index in [1.165, 1.54) is 12.3 Å². The molecule has 17 heavy (non-hydrogen) atoms. The molecule has 1 unspecified atom stereocenters. The topological polar surface area (TPSA) is 56.6 Å². The molecule has 0 amide bonds. The second-order valence-corrected chi connectivity index (χ2v) is 4.38. The first-order valence-electron chi connectivity index (χ1n) is 5.86. The average Bonchev–Trinajstić information content (AvgIpc) is 2.78. The van der Waals surface area contributed by atoms with Gasteiger partial charge < -0.3 is 15.1 Å². The van der Waals surface area contributed by atoms with Crippen molar-refractivity contribution in [3.63, 3.8) is 0 Å². The summed E-state index contributed by atoms with van der Waals surface area (Å²) in [5.41, 5.74) is 0.278. The summed E-state index contributed by atoms with van der Waals surface area (Å²) in [6.45, 7) is 1.34. The Kier molecular flexibility index (Phi) is 3.91. The maximum Gasteiger partial charge on any atom is 0.171 e. The van der Waals surface area contributed by atoms with Crippen molar-refractivity contribution in [1.82, 2.24) is 4.98 Å². The zero-order valence-corrected chi connectivity index (χ0v) is 9.64. The third-order valence-corrected chi connectivity index (χ3v) is 3.24. The zero-order valence-electron chi connectivity index (χ0n) is 9.64. The summed E-state index contributed by atoms with van der Waals surface area (Å²) in [5, 5.41) is 17.9. The lowest BCUT2D eigenvalue weighted by atomic mass is 10.1. The van der Waals surface area contributed by atoms with E-state index < -0.39 is 5.82 Å². The summed E-state index contributed by atoms with van der Waals surface area (Å²) in [4.78, 5) is 5.92. The maximum absolute atomic E-state index is 13.9. The normalized spacial score (nSPS) is 19.9. The van der Waals surface area contributed by atoms with E-state index in [4.69, 9.17) is 10.2 Å². The number of anilines is 1. The van der Waals surface area contributed by atoms with E-state index in [0.29, 0.717) is 11.7 Å². The fraction of sp³-hybridized carbons (Fsp3) is 0.583. The summed E-state index contributed by atoms with van der Waals surface area (Å²) in [6.07, 6.45) is 3.21. The number of pyridine rings is 1. The predicted octanol–water partition coefficient (Wildman–Crippen LogP) is 0.922. The number of aliphatic hydroxyl groups is 2. The third-order valence-electron chi connectivity index (χ3n) is 3.24. The smallest absolute Gasteiger partial charge is 0.171 e. The molecule has 0 aromatic carbocycles. The Balaban J connectivity index is 2.13. The van der Waals surface area contributed by atoms with Crippen LogP contribution in [-0.2, 0) is 6.61 Å². The van der Waals surface area contributed by atoms with E-state index >= 15 is 0 Å². The fourth-order valence-electron chi connectivity index (χ4n) is 2.26. The Labute approximate surface area is 99.7 Å². The quantitative estimate of drug-likeness (QED) is 0.821. The van der Waals surface area contributed by atoms with E-state index in [0.717, 1.165) is 25.9 Å². The summed E-state index contributed by atoms with van der Waals surface area (Å²) in [7, 11) is 0. The van der Waals surface area contributed by atoms with Crippen molar-refractivity contribution in [3.05, 3.63) is 23.6 Å². The first-order valence-corrected chi connectivity index (χ1v) is 5.86. The highest BCUT2D eigenvalue weighted by Gasteiger charge is 2.25. The van der Waals surface area contributed by atoms with Gasteiger partial charge in [0.25, 0.3) is 0 Å². The van der Waals surface area contributed by atoms with Crippen molar-refractivity contribution in [2.45, 2.75) is 19.4 Å². The SMILES string of the molecule is OCCC1CCN(c2nccc(CO)c2F)C1. The van der Waals surface area contributed by atoms with Gasteiger partial charge in [0.2, 0.25) is 0 Å². The van der Waals surface area contributed by atoms with E-state index in [9.17, 15) is 4.39 Å². The van der Waals surface area contributed by atoms with Gasteiger partial charge in [-0.05, 0) is 24.8 Å². The van der Waals surface area contributed by atoms with Crippen LogP contribution in [0.2, 0.25) is 0 Å². The zero-order chi connectivity index (χ0) is 12.3. The van der Waals surface area contributed by atoms with Crippen LogP contribution in [0.25, 0.3) is 0 Å². The second kappa shape index (κ2) is 5.42. The van der Waals surface area contributed by atoms with Gasteiger partial charge >= 0.3 is 0 Å². The van der Waals surface area contributed by atoms with Gasteiger partial charge in [0.1, 0.15) is 0 Å². The number of rotatable bonds is 4. The van der Waals surface area contributed by atoms with Crippen LogP contribution in [0.1, 0.15) is 18.4 Å². The third kappa shape index (κ3) is 2.56. The first kappa shape index (κ1) is 12.3. The van der Waals surface area contributed by atoms with Gasteiger partial charge in [0, 0.05) is 31.5 Å². The van der Waals surface area contributed by atoms with Gasteiger partial charge in [-0.3, -0.25) is 0 Å². The molecular formula is C12H17FN2O2. The van der Waals surface area contributed by atoms with Crippen LogP contribution < -0.4 is 4.90 Å². The number of aliphatic hydroxyl groups excluding tert-OH is 2. The maximum atomic E-state index is 13.9. The minimum Gasteiger partial charge on any atom is -0.396 e. The molecule has 94 valence electrons. The molecule has 5 heteroatoms. The molecule has 1 aliphatic rings. The molecule has 1 aliphatic heterocycles. The molecule has 1 aromatic heterocycles. The van der Waals surface area contributed by atoms with Gasteiger partial charge in [0.05, 0.1) is 6.61 Å². The molecule has 0 radical (unpaired) electrons. The Morgan fingerprint density at radius 1 is 1.47 bits per heavy atom. The van der Waals surface area contributed by atoms with Crippen LogP contribution in [0.3, 0.4) is 0 Å². The van der Waals surface area contributed by atoms with Crippen molar-refractivity contribution in [1.29, 1.82) is 0 Å². The fourth-order valence-corrected chi connectivity index (χ4v) is 2.26. The summed E-state index contributed by atoms with van der Waals surface area (Å²) >= 11 is 0. The van der Waals surface area contributed by atoms with Crippen LogP contribution >= 0.6 is 0 Å². The Bertz CT molecular complexity index is 387. The molecule has 0 spiro atoms. The molecule has 0 saturated carbocycles. The minimum atomic E-state index is -0.431. The minimum absolute atomic E-state index is 0.172. The van der Waals surface area contributed by atoms with E-state index in [1.807, 2.05) is 4.90 Å². The lowest BCUT2D eigenvalue weighted by Crippen LogP contribution is -2.22. The summed E-state index contributed by atoms with van der Waals surface area (Å²) in [5.74, 6) is 0.288. The summed E-state index contributed by atoms with van der Waals surface area (Å²) < 4.78 is 13.9. The van der Waals surface area contributed by atoms with Crippen LogP contribution in [-0.4, -0.2) is 34.9 Å². The molecule has 1 aromatic rings. The molecule has 1 saturated heterocycles.